The van der Waals surface area contributed by atoms with Gasteiger partial charge in [-0.05, 0) is 75.8 Å². The average molecular weight is 270 g/mol. The van der Waals surface area contributed by atoms with Crippen molar-refractivity contribution in [2.45, 2.75) is 20.8 Å². The van der Waals surface area contributed by atoms with Crippen molar-refractivity contribution in [2.24, 2.45) is 0 Å². The van der Waals surface area contributed by atoms with Crippen LogP contribution in [0.4, 0.5) is 0 Å². The zero-order chi connectivity index (χ0) is 14.6. The Morgan fingerprint density at radius 2 is 1.33 bits per heavy atom. The van der Waals surface area contributed by atoms with E-state index in [-0.39, 0.29) is 0 Å². The highest BCUT2D eigenvalue weighted by molar-refractivity contribution is 6.15. The van der Waals surface area contributed by atoms with Crippen LogP contribution in [-0.4, -0.2) is 0 Å². The number of rotatable bonds is 0. The van der Waals surface area contributed by atoms with E-state index in [1.807, 2.05) is 0 Å². The summed E-state index contributed by atoms with van der Waals surface area (Å²) in [6, 6.07) is 20.0. The third-order valence-electron chi connectivity index (χ3n) is 4.68. The monoisotopic (exact) mass is 270 g/mol. The van der Waals surface area contributed by atoms with Crippen molar-refractivity contribution in [3.05, 3.63) is 71.3 Å². The van der Waals surface area contributed by atoms with E-state index in [1.54, 1.807) is 0 Å². The summed E-state index contributed by atoms with van der Waals surface area (Å²) in [4.78, 5) is 0. The van der Waals surface area contributed by atoms with Crippen molar-refractivity contribution in [1.29, 1.82) is 0 Å². The molecular formula is C21H18. The number of hydrogen-bond donors (Lipinski definition) is 0. The van der Waals surface area contributed by atoms with Crippen LogP contribution in [0.1, 0.15) is 16.7 Å². The fourth-order valence-corrected chi connectivity index (χ4v) is 3.66. The second-order valence-electron chi connectivity index (χ2n) is 6.01. The van der Waals surface area contributed by atoms with E-state index >= 15 is 0 Å². The molecule has 0 heterocycles. The zero-order valence-corrected chi connectivity index (χ0v) is 12.7. The molecule has 102 valence electrons. The molecule has 4 rings (SSSR count). The predicted molar refractivity (Wildman–Crippen MR) is 93.2 cm³/mol. The Kier molecular flexibility index (Phi) is 2.56. The minimum absolute atomic E-state index is 1.33. The van der Waals surface area contributed by atoms with Gasteiger partial charge in [0.25, 0.3) is 0 Å². The van der Waals surface area contributed by atoms with E-state index in [0.717, 1.165) is 0 Å². The molecule has 0 amide bonds. The van der Waals surface area contributed by atoms with Crippen molar-refractivity contribution in [3.8, 4) is 0 Å². The summed E-state index contributed by atoms with van der Waals surface area (Å²) in [7, 11) is 0. The summed E-state index contributed by atoms with van der Waals surface area (Å²) < 4.78 is 0. The first-order valence-electron chi connectivity index (χ1n) is 7.48. The Bertz CT molecular complexity index is 1010. The van der Waals surface area contributed by atoms with Crippen molar-refractivity contribution in [1.82, 2.24) is 0 Å². The van der Waals surface area contributed by atoms with Gasteiger partial charge in [0, 0.05) is 0 Å². The first-order chi connectivity index (χ1) is 10.2. The summed E-state index contributed by atoms with van der Waals surface area (Å²) >= 11 is 0. The van der Waals surface area contributed by atoms with Crippen LogP contribution in [-0.2, 0) is 0 Å². The normalized spacial score (nSPS) is 11.6. The molecule has 0 unspecified atom stereocenters. The highest BCUT2D eigenvalue weighted by Crippen LogP contribution is 2.35. The van der Waals surface area contributed by atoms with E-state index in [4.69, 9.17) is 0 Å². The molecule has 0 atom stereocenters. The number of fused-ring (bicyclic) bond motifs is 4. The highest BCUT2D eigenvalue weighted by Gasteiger charge is 2.10. The maximum absolute atomic E-state index is 2.35. The van der Waals surface area contributed by atoms with Gasteiger partial charge in [0.05, 0.1) is 0 Å². The predicted octanol–water partition coefficient (Wildman–Crippen LogP) is 6.07. The molecular weight excluding hydrogens is 252 g/mol. The smallest absolute Gasteiger partial charge is 0.00961 e. The number of aryl methyl sites for hydroxylation is 3. The highest BCUT2D eigenvalue weighted by atomic mass is 14.1. The minimum atomic E-state index is 1.33. The van der Waals surface area contributed by atoms with Crippen LogP contribution < -0.4 is 0 Å². The Morgan fingerprint density at radius 3 is 2.19 bits per heavy atom. The van der Waals surface area contributed by atoms with Gasteiger partial charge < -0.3 is 0 Å². The van der Waals surface area contributed by atoms with Crippen LogP contribution >= 0.6 is 0 Å². The third-order valence-corrected chi connectivity index (χ3v) is 4.68. The Hall–Kier alpha value is -2.34. The fraction of sp³-hybridized carbons (Fsp3) is 0.143. The Labute approximate surface area is 125 Å². The van der Waals surface area contributed by atoms with Gasteiger partial charge in [-0.15, -0.1) is 0 Å². The molecule has 0 spiro atoms. The molecule has 0 heteroatoms. The van der Waals surface area contributed by atoms with E-state index in [2.05, 4.69) is 75.4 Å². The summed E-state index contributed by atoms with van der Waals surface area (Å²) in [5, 5.41) is 8.21. The molecule has 0 saturated carbocycles. The van der Waals surface area contributed by atoms with Gasteiger partial charge in [-0.2, -0.15) is 0 Å². The lowest BCUT2D eigenvalue weighted by molar-refractivity contribution is 1.47. The van der Waals surface area contributed by atoms with Gasteiger partial charge in [0.15, 0.2) is 0 Å². The van der Waals surface area contributed by atoms with E-state index < -0.39 is 0 Å². The Balaban J connectivity index is 2.34. The van der Waals surface area contributed by atoms with E-state index in [0.29, 0.717) is 0 Å². The molecule has 0 aliphatic carbocycles. The standard InChI is InChI=1S/C21H18/c1-13-7-6-10-18-20-12-16-8-4-5-9-17(16)15(3)19(20)11-14(2)21(13)18/h4-12H,1-3H3. The molecule has 0 radical (unpaired) electrons. The Morgan fingerprint density at radius 1 is 0.571 bits per heavy atom. The van der Waals surface area contributed by atoms with Crippen molar-refractivity contribution in [3.63, 3.8) is 0 Å². The molecule has 0 aliphatic rings. The van der Waals surface area contributed by atoms with E-state index in [9.17, 15) is 0 Å². The fourth-order valence-electron chi connectivity index (χ4n) is 3.66. The maximum Gasteiger partial charge on any atom is -0.00961 e. The van der Waals surface area contributed by atoms with Gasteiger partial charge in [-0.3, -0.25) is 0 Å². The molecule has 0 fully saturated rings. The van der Waals surface area contributed by atoms with Crippen molar-refractivity contribution in [2.75, 3.05) is 0 Å². The molecule has 0 bridgehead atoms. The van der Waals surface area contributed by atoms with Gasteiger partial charge >= 0.3 is 0 Å². The molecule has 4 aromatic rings. The molecule has 0 saturated heterocycles. The van der Waals surface area contributed by atoms with Crippen LogP contribution in [0.15, 0.2) is 54.6 Å². The quantitative estimate of drug-likeness (QED) is 0.268. The summed E-state index contributed by atoms with van der Waals surface area (Å²) in [5.74, 6) is 0. The summed E-state index contributed by atoms with van der Waals surface area (Å²) in [6.45, 7) is 6.67. The van der Waals surface area contributed by atoms with Crippen molar-refractivity contribution >= 4 is 32.3 Å². The van der Waals surface area contributed by atoms with Gasteiger partial charge in [-0.1, -0.05) is 48.5 Å². The molecule has 21 heavy (non-hydrogen) atoms. The third kappa shape index (κ3) is 1.69. The zero-order valence-electron chi connectivity index (χ0n) is 12.7. The number of hydrogen-bond acceptors (Lipinski definition) is 0. The average Bonchev–Trinajstić information content (AvgIpc) is 2.49. The van der Waals surface area contributed by atoms with Gasteiger partial charge in [0.2, 0.25) is 0 Å². The second kappa shape index (κ2) is 4.33. The van der Waals surface area contributed by atoms with Gasteiger partial charge in [0.1, 0.15) is 0 Å². The van der Waals surface area contributed by atoms with Crippen LogP contribution in [0.3, 0.4) is 0 Å². The number of benzene rings is 4. The summed E-state index contributed by atoms with van der Waals surface area (Å²) in [6.07, 6.45) is 0. The largest absolute Gasteiger partial charge is 0.0616 e. The van der Waals surface area contributed by atoms with Crippen LogP contribution in [0, 0.1) is 20.8 Å². The van der Waals surface area contributed by atoms with Crippen molar-refractivity contribution < 1.29 is 0 Å². The first-order valence-corrected chi connectivity index (χ1v) is 7.48. The molecule has 4 aromatic carbocycles. The van der Waals surface area contributed by atoms with Gasteiger partial charge in [-0.25, -0.2) is 0 Å². The lowest BCUT2D eigenvalue weighted by Crippen LogP contribution is -1.89. The minimum Gasteiger partial charge on any atom is -0.0616 e. The lowest BCUT2D eigenvalue weighted by atomic mass is 9.90. The van der Waals surface area contributed by atoms with E-state index in [1.165, 1.54) is 49.0 Å². The maximum atomic E-state index is 2.35. The van der Waals surface area contributed by atoms with Crippen LogP contribution in [0.25, 0.3) is 32.3 Å². The molecule has 0 aromatic heterocycles. The first kappa shape index (κ1) is 12.4. The molecule has 0 N–H and O–H groups in total. The van der Waals surface area contributed by atoms with Crippen LogP contribution in [0.5, 0.6) is 0 Å². The summed E-state index contributed by atoms with van der Waals surface area (Å²) in [5.41, 5.74) is 4.11. The van der Waals surface area contributed by atoms with Crippen LogP contribution in [0.2, 0.25) is 0 Å². The SMILES string of the molecule is Cc1c2ccccc2cc2c1cc(C)c1c(C)cccc12. The lowest BCUT2D eigenvalue weighted by Gasteiger charge is -2.14. The molecule has 0 nitrogen and oxygen atoms in total. The molecule has 0 aliphatic heterocycles. The topological polar surface area (TPSA) is 0 Å². The second-order valence-corrected chi connectivity index (χ2v) is 6.01.